The fraction of sp³-hybridized carbons (Fsp3) is 0.286. The summed E-state index contributed by atoms with van der Waals surface area (Å²) in [4.78, 5) is 11.0. The van der Waals surface area contributed by atoms with Gasteiger partial charge in [-0.3, -0.25) is 0 Å². The summed E-state index contributed by atoms with van der Waals surface area (Å²) < 4.78 is 4.75. The number of aryl methyl sites for hydroxylation is 1. The molecule has 2 aromatic rings. The highest BCUT2D eigenvalue weighted by Crippen LogP contribution is 2.30. The standard InChI is InChI=1S/C14H16N2O3/c1-2-3-4-9-5-7-10(8-6-9)11-12(14(17)18)16-19-13(11)15/h5-8H,2-4,15H2,1H3,(H,17,18). The average molecular weight is 260 g/mol. The average Bonchev–Trinajstić information content (AvgIpc) is 2.79. The van der Waals surface area contributed by atoms with Crippen LogP contribution in [-0.2, 0) is 6.42 Å². The van der Waals surface area contributed by atoms with Crippen molar-refractivity contribution in [2.45, 2.75) is 26.2 Å². The van der Waals surface area contributed by atoms with Gasteiger partial charge in [0.05, 0.1) is 5.56 Å². The Balaban J connectivity index is 2.32. The van der Waals surface area contributed by atoms with Crippen molar-refractivity contribution >= 4 is 11.9 Å². The number of hydrogen-bond acceptors (Lipinski definition) is 4. The molecule has 0 aliphatic heterocycles. The first-order valence-electron chi connectivity index (χ1n) is 6.21. The van der Waals surface area contributed by atoms with Gasteiger partial charge in [-0.1, -0.05) is 42.8 Å². The van der Waals surface area contributed by atoms with Crippen LogP contribution >= 0.6 is 0 Å². The highest BCUT2D eigenvalue weighted by atomic mass is 16.5. The zero-order valence-corrected chi connectivity index (χ0v) is 10.7. The van der Waals surface area contributed by atoms with Crippen LogP contribution in [0, 0.1) is 0 Å². The molecule has 0 unspecified atom stereocenters. The van der Waals surface area contributed by atoms with Crippen LogP contribution in [0.1, 0.15) is 35.8 Å². The van der Waals surface area contributed by atoms with E-state index in [1.807, 2.05) is 24.3 Å². The van der Waals surface area contributed by atoms with Crippen molar-refractivity contribution in [3.63, 3.8) is 0 Å². The van der Waals surface area contributed by atoms with E-state index in [0.29, 0.717) is 11.1 Å². The Hall–Kier alpha value is -2.30. The van der Waals surface area contributed by atoms with Crippen LogP contribution in [0.5, 0.6) is 0 Å². The van der Waals surface area contributed by atoms with Crippen LogP contribution < -0.4 is 5.73 Å². The molecule has 5 heteroatoms. The molecule has 0 fully saturated rings. The van der Waals surface area contributed by atoms with Crippen molar-refractivity contribution in [3.8, 4) is 11.1 Å². The number of unbranched alkanes of at least 4 members (excludes halogenated alkanes) is 1. The summed E-state index contributed by atoms with van der Waals surface area (Å²) in [7, 11) is 0. The number of anilines is 1. The molecule has 3 N–H and O–H groups in total. The fourth-order valence-electron chi connectivity index (χ4n) is 1.95. The second-order valence-corrected chi connectivity index (χ2v) is 4.38. The molecule has 1 aromatic heterocycles. The smallest absolute Gasteiger partial charge is 0.358 e. The van der Waals surface area contributed by atoms with Crippen LogP contribution in [0.15, 0.2) is 28.8 Å². The van der Waals surface area contributed by atoms with Gasteiger partial charge >= 0.3 is 5.97 Å². The Morgan fingerprint density at radius 3 is 2.63 bits per heavy atom. The third-order valence-corrected chi connectivity index (χ3v) is 2.98. The molecule has 1 heterocycles. The monoisotopic (exact) mass is 260 g/mol. The number of carbonyl (C=O) groups is 1. The second-order valence-electron chi connectivity index (χ2n) is 4.38. The maximum Gasteiger partial charge on any atom is 0.358 e. The first-order valence-corrected chi connectivity index (χ1v) is 6.21. The van der Waals surface area contributed by atoms with Crippen molar-refractivity contribution in [1.29, 1.82) is 0 Å². The van der Waals surface area contributed by atoms with Gasteiger partial charge in [0.2, 0.25) is 11.6 Å². The fourth-order valence-corrected chi connectivity index (χ4v) is 1.95. The molecule has 19 heavy (non-hydrogen) atoms. The Morgan fingerprint density at radius 2 is 2.05 bits per heavy atom. The normalized spacial score (nSPS) is 10.6. The summed E-state index contributed by atoms with van der Waals surface area (Å²) in [6.07, 6.45) is 3.29. The molecule has 0 aliphatic carbocycles. The van der Waals surface area contributed by atoms with E-state index >= 15 is 0 Å². The van der Waals surface area contributed by atoms with Crippen molar-refractivity contribution in [1.82, 2.24) is 5.16 Å². The van der Waals surface area contributed by atoms with E-state index in [0.717, 1.165) is 19.3 Å². The van der Waals surface area contributed by atoms with E-state index in [-0.39, 0.29) is 11.6 Å². The highest BCUT2D eigenvalue weighted by Gasteiger charge is 2.21. The number of benzene rings is 1. The molecule has 2 rings (SSSR count). The predicted molar refractivity (Wildman–Crippen MR) is 71.9 cm³/mol. The Labute approximate surface area is 111 Å². The number of nitrogens with zero attached hydrogens (tertiary/aromatic N) is 1. The van der Waals surface area contributed by atoms with E-state index in [1.54, 1.807) is 0 Å². The molecular weight excluding hydrogens is 244 g/mol. The lowest BCUT2D eigenvalue weighted by molar-refractivity contribution is 0.0686. The van der Waals surface area contributed by atoms with Crippen molar-refractivity contribution in [2.24, 2.45) is 0 Å². The maximum absolute atomic E-state index is 11.0. The van der Waals surface area contributed by atoms with Gasteiger partial charge in [0.1, 0.15) is 0 Å². The number of rotatable bonds is 5. The third-order valence-electron chi connectivity index (χ3n) is 2.98. The minimum absolute atomic E-state index is 0.0266. The lowest BCUT2D eigenvalue weighted by atomic mass is 10.0. The third kappa shape index (κ3) is 2.76. The molecule has 0 saturated carbocycles. The van der Waals surface area contributed by atoms with Gasteiger partial charge in [0.15, 0.2) is 0 Å². The zero-order chi connectivity index (χ0) is 13.8. The molecule has 5 nitrogen and oxygen atoms in total. The molecule has 100 valence electrons. The number of hydrogen-bond donors (Lipinski definition) is 2. The largest absolute Gasteiger partial charge is 0.476 e. The molecule has 0 bridgehead atoms. The van der Waals surface area contributed by atoms with E-state index in [1.165, 1.54) is 5.56 Å². The van der Waals surface area contributed by atoms with Crippen LogP contribution in [0.25, 0.3) is 11.1 Å². The summed E-state index contributed by atoms with van der Waals surface area (Å²) in [5.41, 5.74) is 7.75. The van der Waals surface area contributed by atoms with Crippen LogP contribution in [-0.4, -0.2) is 16.2 Å². The van der Waals surface area contributed by atoms with Crippen molar-refractivity contribution in [3.05, 3.63) is 35.5 Å². The summed E-state index contributed by atoms with van der Waals surface area (Å²) in [6, 6.07) is 7.65. The molecule has 0 amide bonds. The van der Waals surface area contributed by atoms with Crippen LogP contribution in [0.3, 0.4) is 0 Å². The number of carboxylic acid groups (broad SMARTS) is 1. The van der Waals surface area contributed by atoms with Crippen LogP contribution in [0.2, 0.25) is 0 Å². The first-order chi connectivity index (χ1) is 9.13. The van der Waals surface area contributed by atoms with Crippen molar-refractivity contribution < 1.29 is 14.4 Å². The topological polar surface area (TPSA) is 89.3 Å². The second kappa shape index (κ2) is 5.56. The summed E-state index contributed by atoms with van der Waals surface area (Å²) in [5.74, 6) is -1.12. The van der Waals surface area contributed by atoms with E-state index in [9.17, 15) is 4.79 Å². The maximum atomic E-state index is 11.0. The summed E-state index contributed by atoms with van der Waals surface area (Å²) in [5, 5.41) is 12.5. The molecule has 0 spiro atoms. The van der Waals surface area contributed by atoms with Crippen LogP contribution in [0.4, 0.5) is 5.88 Å². The number of carboxylic acids is 1. The van der Waals surface area contributed by atoms with E-state index in [4.69, 9.17) is 15.4 Å². The quantitative estimate of drug-likeness (QED) is 0.862. The molecule has 1 aromatic carbocycles. The Morgan fingerprint density at radius 1 is 1.37 bits per heavy atom. The minimum atomic E-state index is -1.15. The molecular formula is C14H16N2O3. The molecule has 0 aliphatic rings. The van der Waals surface area contributed by atoms with Crippen molar-refractivity contribution in [2.75, 3.05) is 5.73 Å². The summed E-state index contributed by atoms with van der Waals surface area (Å²) >= 11 is 0. The molecule has 0 saturated heterocycles. The van der Waals surface area contributed by atoms with Gasteiger partial charge in [0, 0.05) is 0 Å². The van der Waals surface area contributed by atoms with E-state index in [2.05, 4.69) is 12.1 Å². The van der Waals surface area contributed by atoms with Gasteiger partial charge in [-0.05, 0) is 24.0 Å². The van der Waals surface area contributed by atoms with Gasteiger partial charge in [-0.2, -0.15) is 0 Å². The molecule has 0 atom stereocenters. The lowest BCUT2D eigenvalue weighted by Gasteiger charge is -2.03. The van der Waals surface area contributed by atoms with E-state index < -0.39 is 5.97 Å². The van der Waals surface area contributed by atoms with Gasteiger partial charge in [-0.25, -0.2) is 4.79 Å². The zero-order valence-electron chi connectivity index (χ0n) is 10.7. The predicted octanol–water partition coefficient (Wildman–Crippen LogP) is 2.96. The Kier molecular flexibility index (Phi) is 3.85. The first kappa shape index (κ1) is 13.1. The highest BCUT2D eigenvalue weighted by molar-refractivity contribution is 5.96. The lowest BCUT2D eigenvalue weighted by Crippen LogP contribution is -1.99. The number of nitrogen functional groups attached to an aromatic ring is 1. The number of aromatic nitrogens is 1. The Bertz CT molecular complexity index is 573. The number of nitrogens with two attached hydrogens (primary N) is 1. The summed E-state index contributed by atoms with van der Waals surface area (Å²) in [6.45, 7) is 2.14. The van der Waals surface area contributed by atoms with Gasteiger partial charge in [-0.15, -0.1) is 0 Å². The molecule has 0 radical (unpaired) electrons. The minimum Gasteiger partial charge on any atom is -0.476 e. The van der Waals surface area contributed by atoms with Gasteiger partial charge in [0.25, 0.3) is 0 Å². The van der Waals surface area contributed by atoms with Gasteiger partial charge < -0.3 is 15.4 Å². The SMILES string of the molecule is CCCCc1ccc(-c2c(C(=O)O)noc2N)cc1. The number of aromatic carboxylic acids is 1.